The monoisotopic (exact) mass is 240 g/mol. The molecule has 3 atom stereocenters. The molecule has 2 fully saturated rings. The molecule has 2 aliphatic rings. The van der Waals surface area contributed by atoms with Gasteiger partial charge in [0.15, 0.2) is 0 Å². The highest BCUT2D eigenvalue weighted by Gasteiger charge is 2.49. The van der Waals surface area contributed by atoms with E-state index in [0.29, 0.717) is 0 Å². The van der Waals surface area contributed by atoms with Crippen LogP contribution in [0.1, 0.15) is 39.5 Å². The lowest BCUT2D eigenvalue weighted by Crippen LogP contribution is -2.64. The predicted octanol–water partition coefficient (Wildman–Crippen LogP) is 1.06. The molecular weight excluding hydrogens is 216 g/mol. The van der Waals surface area contributed by atoms with Gasteiger partial charge >= 0.3 is 0 Å². The Morgan fingerprint density at radius 1 is 1.41 bits per heavy atom. The van der Waals surface area contributed by atoms with Gasteiger partial charge in [-0.15, -0.1) is 0 Å². The van der Waals surface area contributed by atoms with Crippen LogP contribution in [0.4, 0.5) is 0 Å². The fourth-order valence-corrected chi connectivity index (χ4v) is 2.88. The molecule has 0 aromatic carbocycles. The Kier molecular flexibility index (Phi) is 3.73. The molecule has 1 saturated heterocycles. The topological polar surface area (TPSA) is 50.4 Å². The average molecular weight is 240 g/mol. The SMILES string of the molecule is COC1CC(NC(=O)[C@@H]2CCCCN2)C1(C)C. The Labute approximate surface area is 103 Å². The van der Waals surface area contributed by atoms with Crippen molar-refractivity contribution in [1.82, 2.24) is 10.6 Å². The summed E-state index contributed by atoms with van der Waals surface area (Å²) in [4.78, 5) is 12.1. The fraction of sp³-hybridized carbons (Fsp3) is 0.923. The van der Waals surface area contributed by atoms with Gasteiger partial charge in [-0.2, -0.15) is 0 Å². The minimum atomic E-state index is 0.0149. The summed E-state index contributed by atoms with van der Waals surface area (Å²) in [5.74, 6) is 0.164. The number of ether oxygens (including phenoxy) is 1. The van der Waals surface area contributed by atoms with Crippen LogP contribution in [0.2, 0.25) is 0 Å². The van der Waals surface area contributed by atoms with Gasteiger partial charge in [0.05, 0.1) is 12.1 Å². The zero-order valence-electron chi connectivity index (χ0n) is 11.1. The van der Waals surface area contributed by atoms with E-state index >= 15 is 0 Å². The number of hydrogen-bond acceptors (Lipinski definition) is 3. The standard InChI is InChI=1S/C13H24N2O2/c1-13(2)10(8-11(13)17-3)15-12(16)9-6-4-5-7-14-9/h9-11,14H,4-8H2,1-3H3,(H,15,16)/t9-,10?,11?/m0/s1. The van der Waals surface area contributed by atoms with Gasteiger partial charge in [-0.05, 0) is 25.8 Å². The zero-order chi connectivity index (χ0) is 12.5. The van der Waals surface area contributed by atoms with Crippen molar-refractivity contribution in [3.8, 4) is 0 Å². The summed E-state index contributed by atoms with van der Waals surface area (Å²) in [6, 6.07) is 0.268. The second kappa shape index (κ2) is 4.94. The van der Waals surface area contributed by atoms with E-state index in [4.69, 9.17) is 4.74 Å². The van der Waals surface area contributed by atoms with Gasteiger partial charge in [-0.1, -0.05) is 20.3 Å². The summed E-state index contributed by atoms with van der Waals surface area (Å²) in [7, 11) is 1.74. The summed E-state index contributed by atoms with van der Waals surface area (Å²) in [5.41, 5.74) is 0.0546. The van der Waals surface area contributed by atoms with Crippen LogP contribution >= 0.6 is 0 Å². The van der Waals surface area contributed by atoms with Crippen LogP contribution in [0.5, 0.6) is 0 Å². The Morgan fingerprint density at radius 2 is 2.18 bits per heavy atom. The Hall–Kier alpha value is -0.610. The number of carbonyl (C=O) groups is 1. The van der Waals surface area contributed by atoms with Crippen LogP contribution in [0.3, 0.4) is 0 Å². The van der Waals surface area contributed by atoms with E-state index in [9.17, 15) is 4.79 Å². The maximum Gasteiger partial charge on any atom is 0.237 e. The number of amides is 1. The average Bonchev–Trinajstić information content (AvgIpc) is 2.34. The number of piperidine rings is 1. The molecule has 1 aliphatic carbocycles. The van der Waals surface area contributed by atoms with Crippen LogP contribution in [-0.2, 0) is 9.53 Å². The normalized spacial score (nSPS) is 36.1. The van der Waals surface area contributed by atoms with Crippen LogP contribution in [-0.4, -0.2) is 37.7 Å². The molecule has 4 nitrogen and oxygen atoms in total. The van der Waals surface area contributed by atoms with Gasteiger partial charge in [0, 0.05) is 18.6 Å². The van der Waals surface area contributed by atoms with Crippen molar-refractivity contribution in [2.45, 2.75) is 57.7 Å². The zero-order valence-corrected chi connectivity index (χ0v) is 11.1. The molecule has 0 aromatic rings. The van der Waals surface area contributed by atoms with E-state index in [1.54, 1.807) is 7.11 Å². The number of carbonyl (C=O) groups excluding carboxylic acids is 1. The lowest BCUT2D eigenvalue weighted by atomic mass is 9.64. The number of hydrogen-bond donors (Lipinski definition) is 2. The third-order valence-corrected chi connectivity index (χ3v) is 4.41. The molecule has 4 heteroatoms. The molecule has 1 heterocycles. The molecule has 0 aromatic heterocycles. The molecule has 0 bridgehead atoms. The Morgan fingerprint density at radius 3 is 2.71 bits per heavy atom. The van der Waals surface area contributed by atoms with E-state index in [0.717, 1.165) is 25.8 Å². The lowest BCUT2D eigenvalue weighted by molar-refractivity contribution is -0.134. The second-order valence-electron chi connectivity index (χ2n) is 5.85. The summed E-state index contributed by atoms with van der Waals surface area (Å²) >= 11 is 0. The van der Waals surface area contributed by atoms with E-state index in [2.05, 4.69) is 24.5 Å². The van der Waals surface area contributed by atoms with Crippen LogP contribution in [0.25, 0.3) is 0 Å². The smallest absolute Gasteiger partial charge is 0.237 e. The van der Waals surface area contributed by atoms with E-state index in [1.807, 2.05) is 0 Å². The first-order valence-corrected chi connectivity index (χ1v) is 6.62. The molecular formula is C13H24N2O2. The largest absolute Gasteiger partial charge is 0.381 e. The maximum atomic E-state index is 12.1. The van der Waals surface area contributed by atoms with Crippen molar-refractivity contribution >= 4 is 5.91 Å². The summed E-state index contributed by atoms with van der Waals surface area (Å²) in [5, 5.41) is 6.44. The van der Waals surface area contributed by atoms with Crippen molar-refractivity contribution < 1.29 is 9.53 Å². The predicted molar refractivity (Wildman–Crippen MR) is 66.8 cm³/mol. The van der Waals surface area contributed by atoms with Gasteiger partial charge < -0.3 is 15.4 Å². The molecule has 1 amide bonds. The molecule has 0 spiro atoms. The molecule has 98 valence electrons. The molecule has 1 aliphatic heterocycles. The molecule has 17 heavy (non-hydrogen) atoms. The minimum absolute atomic E-state index is 0.0149. The first-order valence-electron chi connectivity index (χ1n) is 6.62. The van der Waals surface area contributed by atoms with Crippen molar-refractivity contribution in [3.05, 3.63) is 0 Å². The number of rotatable bonds is 3. The summed E-state index contributed by atoms with van der Waals surface area (Å²) in [6.07, 6.45) is 4.51. The van der Waals surface area contributed by atoms with Crippen molar-refractivity contribution in [3.63, 3.8) is 0 Å². The van der Waals surface area contributed by atoms with E-state index in [1.165, 1.54) is 6.42 Å². The van der Waals surface area contributed by atoms with Gasteiger partial charge in [-0.25, -0.2) is 0 Å². The van der Waals surface area contributed by atoms with Crippen LogP contribution < -0.4 is 10.6 Å². The number of methoxy groups -OCH3 is 1. The van der Waals surface area contributed by atoms with Crippen molar-refractivity contribution in [1.29, 1.82) is 0 Å². The number of nitrogens with one attached hydrogen (secondary N) is 2. The first-order chi connectivity index (χ1) is 8.05. The van der Waals surface area contributed by atoms with Gasteiger partial charge in [-0.3, -0.25) is 4.79 Å². The molecule has 2 unspecified atom stereocenters. The van der Waals surface area contributed by atoms with Crippen LogP contribution in [0.15, 0.2) is 0 Å². The molecule has 2 N–H and O–H groups in total. The molecule has 0 radical (unpaired) electrons. The van der Waals surface area contributed by atoms with Crippen molar-refractivity contribution in [2.24, 2.45) is 5.41 Å². The summed E-state index contributed by atoms with van der Waals surface area (Å²) < 4.78 is 5.39. The van der Waals surface area contributed by atoms with E-state index < -0.39 is 0 Å². The highest BCUT2D eigenvalue weighted by molar-refractivity contribution is 5.82. The third-order valence-electron chi connectivity index (χ3n) is 4.41. The first kappa shape index (κ1) is 12.8. The molecule has 1 saturated carbocycles. The Bertz CT molecular complexity index is 285. The van der Waals surface area contributed by atoms with E-state index in [-0.39, 0.29) is 29.5 Å². The minimum Gasteiger partial charge on any atom is -0.381 e. The maximum absolute atomic E-state index is 12.1. The van der Waals surface area contributed by atoms with Crippen molar-refractivity contribution in [2.75, 3.05) is 13.7 Å². The second-order valence-corrected chi connectivity index (χ2v) is 5.85. The highest BCUT2D eigenvalue weighted by atomic mass is 16.5. The fourth-order valence-electron chi connectivity index (χ4n) is 2.88. The summed E-state index contributed by atoms with van der Waals surface area (Å²) in [6.45, 7) is 5.28. The highest BCUT2D eigenvalue weighted by Crippen LogP contribution is 2.42. The third kappa shape index (κ3) is 2.47. The van der Waals surface area contributed by atoms with Gasteiger partial charge in [0.25, 0.3) is 0 Å². The quantitative estimate of drug-likeness (QED) is 0.775. The molecule has 2 rings (SSSR count). The van der Waals surface area contributed by atoms with Crippen LogP contribution in [0, 0.1) is 5.41 Å². The lowest BCUT2D eigenvalue weighted by Gasteiger charge is -2.51. The van der Waals surface area contributed by atoms with Gasteiger partial charge in [0.1, 0.15) is 0 Å². The van der Waals surface area contributed by atoms with Gasteiger partial charge in [0.2, 0.25) is 5.91 Å². The Balaban J connectivity index is 1.83.